The monoisotopic (exact) mass is 1690 g/mol. The number of aliphatic carboxylic acids is 1. The fourth-order valence-electron chi connectivity index (χ4n) is 11.8. The molecule has 13 N–H and O–H groups in total. The minimum atomic E-state index is -1.30. The number of nitrogens with one attached hydrogen (secondary N) is 5. The number of carbonyl (C=O) groups is 13. The van der Waals surface area contributed by atoms with Crippen LogP contribution in [0.5, 0.6) is 0 Å². The number of rotatable bonds is 78. The summed E-state index contributed by atoms with van der Waals surface area (Å²) in [4.78, 5) is 170. The number of hydrogen-bond acceptors (Lipinski definition) is 28. The van der Waals surface area contributed by atoms with Gasteiger partial charge in [0.2, 0.25) is 17.7 Å². The maximum absolute atomic E-state index is 14.0. The zero-order valence-electron chi connectivity index (χ0n) is 70.1. The second kappa shape index (κ2) is 71.6. The van der Waals surface area contributed by atoms with Gasteiger partial charge in [-0.1, -0.05) is 56.3 Å². The zero-order valence-corrected chi connectivity index (χ0v) is 70.1. The number of allylic oxidation sites excluding steroid dienone is 2. The van der Waals surface area contributed by atoms with E-state index in [9.17, 15) is 72.5 Å². The lowest BCUT2D eigenvalue weighted by molar-refractivity contribution is -0.143. The highest BCUT2D eigenvalue weighted by atomic mass is 16.6. The van der Waals surface area contributed by atoms with E-state index in [1.165, 1.54) is 0 Å². The van der Waals surface area contributed by atoms with E-state index in [4.69, 9.17) is 74.0 Å². The highest BCUT2D eigenvalue weighted by Gasteiger charge is 2.33. The van der Waals surface area contributed by atoms with Crippen molar-refractivity contribution in [2.24, 2.45) is 39.9 Å². The Bertz CT molecular complexity index is 3090. The van der Waals surface area contributed by atoms with Crippen LogP contribution in [-0.4, -0.2) is 282 Å². The Kier molecular flexibility index (Phi) is 64.3. The van der Waals surface area contributed by atoms with Gasteiger partial charge in [-0.2, -0.15) is 0 Å². The number of carboxylic acids is 1. The first-order valence-electron chi connectivity index (χ1n) is 41.9. The smallest absolute Gasteiger partial charge is 0.408 e. The molecule has 0 unspecified atom stereocenters. The van der Waals surface area contributed by atoms with Crippen molar-refractivity contribution >= 4 is 82.3 Å². The molecule has 1 aromatic rings. The molecule has 0 heterocycles. The average molecular weight is 1690 g/mol. The number of unbranched alkanes of at least 4 members (excludes halogenated alkanes) is 2. The van der Waals surface area contributed by atoms with Crippen LogP contribution in [0.4, 0.5) is 9.59 Å². The minimum Gasteiger partial charge on any atom is -0.480 e. The van der Waals surface area contributed by atoms with Crippen LogP contribution < -0.4 is 43.8 Å². The van der Waals surface area contributed by atoms with E-state index in [1.54, 1.807) is 24.3 Å². The summed E-state index contributed by atoms with van der Waals surface area (Å²) in [7, 11) is 0. The lowest BCUT2D eigenvalue weighted by Crippen LogP contribution is -2.48. The van der Waals surface area contributed by atoms with Gasteiger partial charge in [-0.25, -0.2) is 14.4 Å². The molecule has 6 atom stereocenters. The van der Waals surface area contributed by atoms with Crippen LogP contribution in [0.2, 0.25) is 0 Å². The van der Waals surface area contributed by atoms with Gasteiger partial charge < -0.3 is 111 Å². The van der Waals surface area contributed by atoms with Crippen LogP contribution in [-0.2, 0) is 116 Å². The molecule has 0 saturated heterocycles. The molecule has 0 bridgehead atoms. The number of ether oxygens (including phenoxy) is 12. The third kappa shape index (κ3) is 60.9. The number of aliphatic hydroxyl groups is 1. The molecular weight excluding hydrogens is 1550 g/mol. The maximum Gasteiger partial charge on any atom is 0.408 e. The second-order valence-electron chi connectivity index (χ2n) is 29.2. The van der Waals surface area contributed by atoms with E-state index in [0.717, 1.165) is 32.1 Å². The summed E-state index contributed by atoms with van der Waals surface area (Å²) in [6.07, 6.45) is 12.8. The van der Waals surface area contributed by atoms with Gasteiger partial charge in [0, 0.05) is 97.0 Å². The molecular formula is C83H137N9O27. The molecule has 1 aliphatic rings. The molecule has 5 amide bonds. The van der Waals surface area contributed by atoms with Crippen molar-refractivity contribution in [1.82, 2.24) is 26.6 Å². The van der Waals surface area contributed by atoms with Gasteiger partial charge in [0.1, 0.15) is 51.8 Å². The van der Waals surface area contributed by atoms with E-state index in [-0.39, 0.29) is 237 Å². The summed E-state index contributed by atoms with van der Waals surface area (Å²) in [6, 6.07) is 5.57. The Labute approximate surface area is 700 Å². The van der Waals surface area contributed by atoms with E-state index >= 15 is 0 Å². The third-order valence-corrected chi connectivity index (χ3v) is 18.2. The fourth-order valence-corrected chi connectivity index (χ4v) is 11.8. The Morgan fingerprint density at radius 1 is 0.479 bits per heavy atom. The number of Topliss-reactive ketones (excluding diaryl/α,β-unsaturated/α-hetero) is 7. The van der Waals surface area contributed by atoms with Crippen LogP contribution in [0.3, 0.4) is 0 Å². The van der Waals surface area contributed by atoms with Crippen molar-refractivity contribution < 1.29 is 129 Å². The Morgan fingerprint density at radius 2 is 0.941 bits per heavy atom. The number of nitrogens with two attached hydrogens (primary N) is 3. The fraction of sp³-hybridized carbons (Fsp3) is 0.735. The third-order valence-electron chi connectivity index (χ3n) is 18.2. The van der Waals surface area contributed by atoms with Gasteiger partial charge in [0.25, 0.3) is 0 Å². The van der Waals surface area contributed by atoms with Gasteiger partial charge >= 0.3 is 18.2 Å². The molecule has 0 aliphatic heterocycles. The lowest BCUT2D eigenvalue weighted by Gasteiger charge is -2.25. The van der Waals surface area contributed by atoms with Crippen molar-refractivity contribution in [1.29, 1.82) is 0 Å². The topological polar surface area (TPSA) is 524 Å². The van der Waals surface area contributed by atoms with Crippen molar-refractivity contribution in [2.75, 3.05) is 165 Å². The molecule has 0 radical (unpaired) electrons. The van der Waals surface area contributed by atoms with Crippen LogP contribution in [0.25, 0.3) is 0 Å². The number of aliphatic imine (C=N–C) groups is 1. The largest absolute Gasteiger partial charge is 0.480 e. The summed E-state index contributed by atoms with van der Waals surface area (Å²) in [5.41, 5.74) is 17.3. The SMILES string of the molecule is CC(C)C[C@H](CC(=O)[C@H](CCCCN)NC(=O)[C@H](CO)CC(=O)[C@H](CCCN=C(N)N)NC(=O)OCc1ccccc1)C(=O)NCC(=O)CCCOCCOCC(=O)CCCOCCOCC(=O)CCCOCCOCC(=O)CCCOCCOCC(=O)CCCOCCOCC(=O)N[C@@H](CCCCNC(=O)O[C@@H]1CC/C=C/CCC1)C(=O)O. The van der Waals surface area contributed by atoms with Crippen molar-refractivity contribution in [3.63, 3.8) is 0 Å². The predicted molar refractivity (Wildman–Crippen MR) is 437 cm³/mol. The standard InChI is InChI=1S/C83H137N9O27/c1-62(2)51-64(52-75(99)72(30-11-13-33-84)91-79(103)65(55-93)53-76(100)73(32-15-35-87-81(85)86)92-83(107)118-56-63-21-7-6-8-22-63)78(102)89-54-66(94)23-16-36-108-41-46-113-57-67(95)24-17-37-109-42-47-114-58-68(96)25-18-38-110-43-48-115-59-69(97)26-19-39-111-44-49-116-60-70(98)27-20-40-112-45-50-117-61-77(101)90-74(80(104)105)31-12-14-34-88-82(106)119-71-28-9-4-3-5-10-29-71/h3-4,6-8,21-22,62,64-65,71-74,93H,5,9-20,23-61,84H2,1-2H3,(H,88,106)(H,89,102)(H,90,101)(H,91,103)(H,92,107)(H,104,105)(H4,85,86,87)/b4-3+/t64-,65+,71-,72+,73+,74+/m1/s1. The van der Waals surface area contributed by atoms with Crippen molar-refractivity contribution in [3.05, 3.63) is 48.0 Å². The van der Waals surface area contributed by atoms with Crippen molar-refractivity contribution in [2.45, 2.75) is 212 Å². The summed E-state index contributed by atoms with van der Waals surface area (Å²) in [6.45, 7) is 6.32. The first-order chi connectivity index (χ1) is 57.5. The molecule has 36 heteroatoms. The molecule has 1 aromatic carbocycles. The Morgan fingerprint density at radius 3 is 1.44 bits per heavy atom. The number of nitrogens with zero attached hydrogens (tertiary/aromatic N) is 1. The second-order valence-corrected chi connectivity index (χ2v) is 29.2. The number of alkyl carbamates (subject to hydrolysis) is 2. The number of hydrogen-bond donors (Lipinski definition) is 10. The quantitative estimate of drug-likeness (QED) is 0.0185. The van der Waals surface area contributed by atoms with Gasteiger partial charge in [0.15, 0.2) is 46.4 Å². The molecule has 0 fully saturated rings. The van der Waals surface area contributed by atoms with Crippen molar-refractivity contribution in [3.8, 4) is 0 Å². The average Bonchev–Trinajstić information content (AvgIpc) is 0.863. The summed E-state index contributed by atoms with van der Waals surface area (Å²) in [5, 5.41) is 33.0. The first-order valence-corrected chi connectivity index (χ1v) is 41.9. The molecule has 676 valence electrons. The molecule has 0 spiro atoms. The zero-order chi connectivity index (χ0) is 87.1. The summed E-state index contributed by atoms with van der Waals surface area (Å²) in [5.74, 6) is -7.03. The Hall–Kier alpha value is -8.14. The number of amides is 5. The number of guanidine groups is 1. The number of carboxylic acid groups (broad SMARTS) is 1. The maximum atomic E-state index is 14.0. The van der Waals surface area contributed by atoms with Crippen LogP contribution in [0.15, 0.2) is 47.5 Å². The lowest BCUT2D eigenvalue weighted by atomic mass is 9.88. The first kappa shape index (κ1) is 107. The normalized spacial score (nSPS) is 14.2. The van der Waals surface area contributed by atoms with Gasteiger partial charge in [0.05, 0.1) is 97.2 Å². The number of aliphatic hydroxyl groups excluding tert-OH is 1. The molecule has 2 rings (SSSR count). The highest BCUT2D eigenvalue weighted by molar-refractivity contribution is 5.96. The van der Waals surface area contributed by atoms with Crippen LogP contribution >= 0.6 is 0 Å². The number of carbonyl (C=O) groups excluding carboxylic acids is 12. The van der Waals surface area contributed by atoms with Gasteiger partial charge in [-0.3, -0.25) is 52.9 Å². The molecule has 1 aliphatic carbocycles. The predicted octanol–water partition coefficient (Wildman–Crippen LogP) is 4.52. The highest BCUT2D eigenvalue weighted by Crippen LogP contribution is 2.21. The molecule has 0 aromatic heterocycles. The number of ketones is 7. The molecule has 0 saturated carbocycles. The van der Waals surface area contributed by atoms with Crippen LogP contribution in [0.1, 0.15) is 186 Å². The summed E-state index contributed by atoms with van der Waals surface area (Å²) >= 11 is 0. The van der Waals surface area contributed by atoms with Gasteiger partial charge in [-0.15, -0.1) is 0 Å². The van der Waals surface area contributed by atoms with E-state index in [0.29, 0.717) is 109 Å². The van der Waals surface area contributed by atoms with Gasteiger partial charge in [-0.05, 0) is 140 Å². The minimum absolute atomic E-state index is 0.0221. The molecule has 119 heavy (non-hydrogen) atoms. The Balaban J connectivity index is 1.43. The number of benzene rings is 1. The van der Waals surface area contributed by atoms with E-state index in [2.05, 4.69) is 43.7 Å². The van der Waals surface area contributed by atoms with E-state index < -0.39 is 90.4 Å². The van der Waals surface area contributed by atoms with Crippen LogP contribution in [0, 0.1) is 17.8 Å². The van der Waals surface area contributed by atoms with E-state index in [1.807, 2.05) is 19.9 Å². The molecule has 36 nitrogen and oxygen atoms in total. The summed E-state index contributed by atoms with van der Waals surface area (Å²) < 4.78 is 65.3.